The Morgan fingerprint density at radius 3 is 2.53 bits per heavy atom. The lowest BCUT2D eigenvalue weighted by atomic mass is 10.1. The van der Waals surface area contributed by atoms with Gasteiger partial charge in [0.15, 0.2) is 0 Å². The van der Waals surface area contributed by atoms with E-state index in [4.69, 9.17) is 5.73 Å². The average Bonchev–Trinajstić information content (AvgIpc) is 2.44. The highest BCUT2D eigenvalue weighted by molar-refractivity contribution is 7.80. The summed E-state index contributed by atoms with van der Waals surface area (Å²) in [7, 11) is 1.26. The van der Waals surface area contributed by atoms with E-state index < -0.39 is 24.0 Å². The number of amides is 1. The first-order valence-electron chi connectivity index (χ1n) is 5.87. The van der Waals surface area contributed by atoms with Crippen molar-refractivity contribution < 1.29 is 14.3 Å². The first-order valence-corrected chi connectivity index (χ1v) is 6.50. The summed E-state index contributed by atoms with van der Waals surface area (Å²) < 4.78 is 4.56. The Hall–Kier alpha value is -1.53. The molecule has 0 bridgehead atoms. The second-order valence-corrected chi connectivity index (χ2v) is 4.43. The number of methoxy groups -OCH3 is 1. The van der Waals surface area contributed by atoms with Gasteiger partial charge in [-0.1, -0.05) is 30.3 Å². The second kappa shape index (κ2) is 7.81. The van der Waals surface area contributed by atoms with Gasteiger partial charge in [0, 0.05) is 5.75 Å². The molecule has 3 N–H and O–H groups in total. The molecular weight excluding hydrogens is 264 g/mol. The zero-order chi connectivity index (χ0) is 14.3. The quantitative estimate of drug-likeness (QED) is 0.512. The molecule has 6 heteroatoms. The fourth-order valence-corrected chi connectivity index (χ4v) is 1.80. The SMILES string of the molecule is COC(=O)[C@H](CS)NC(=O)[C@@H](N)Cc1ccccc1. The maximum absolute atomic E-state index is 11.9. The van der Waals surface area contributed by atoms with E-state index in [2.05, 4.69) is 22.7 Å². The number of nitrogens with one attached hydrogen (secondary N) is 1. The van der Waals surface area contributed by atoms with Crippen LogP contribution in [-0.2, 0) is 20.7 Å². The molecule has 2 atom stereocenters. The monoisotopic (exact) mass is 282 g/mol. The van der Waals surface area contributed by atoms with Gasteiger partial charge in [0.2, 0.25) is 5.91 Å². The average molecular weight is 282 g/mol. The summed E-state index contributed by atoms with van der Waals surface area (Å²) in [6.07, 6.45) is 0.410. The normalized spacial score (nSPS) is 13.4. The predicted octanol–water partition coefficient (Wildman–Crippen LogP) is 0.144. The van der Waals surface area contributed by atoms with Crippen LogP contribution < -0.4 is 11.1 Å². The minimum atomic E-state index is -0.775. The first-order chi connectivity index (χ1) is 9.08. The number of rotatable bonds is 6. The van der Waals surface area contributed by atoms with Crippen molar-refractivity contribution in [2.75, 3.05) is 12.9 Å². The topological polar surface area (TPSA) is 81.4 Å². The summed E-state index contributed by atoms with van der Waals surface area (Å²) in [4.78, 5) is 23.2. The summed E-state index contributed by atoms with van der Waals surface area (Å²) in [6.45, 7) is 0. The van der Waals surface area contributed by atoms with Crippen molar-refractivity contribution in [1.82, 2.24) is 5.32 Å². The molecule has 5 nitrogen and oxygen atoms in total. The number of hydrogen-bond donors (Lipinski definition) is 3. The highest BCUT2D eigenvalue weighted by Crippen LogP contribution is 2.02. The molecule has 1 rings (SSSR count). The number of carbonyl (C=O) groups is 2. The van der Waals surface area contributed by atoms with Crippen LogP contribution in [0.5, 0.6) is 0 Å². The van der Waals surface area contributed by atoms with Crippen molar-refractivity contribution in [2.24, 2.45) is 5.73 Å². The van der Waals surface area contributed by atoms with Gasteiger partial charge in [-0.2, -0.15) is 12.6 Å². The minimum Gasteiger partial charge on any atom is -0.467 e. The molecule has 0 saturated heterocycles. The smallest absolute Gasteiger partial charge is 0.329 e. The van der Waals surface area contributed by atoms with Gasteiger partial charge in [-0.25, -0.2) is 4.79 Å². The van der Waals surface area contributed by atoms with Crippen molar-refractivity contribution >= 4 is 24.5 Å². The lowest BCUT2D eigenvalue weighted by Gasteiger charge is -2.17. The Morgan fingerprint density at radius 1 is 1.37 bits per heavy atom. The fraction of sp³-hybridized carbons (Fsp3) is 0.385. The van der Waals surface area contributed by atoms with Crippen LogP contribution in [0.4, 0.5) is 0 Å². The van der Waals surface area contributed by atoms with Gasteiger partial charge < -0.3 is 15.8 Å². The van der Waals surface area contributed by atoms with E-state index >= 15 is 0 Å². The summed E-state index contributed by atoms with van der Waals surface area (Å²) in [5.41, 5.74) is 6.77. The van der Waals surface area contributed by atoms with E-state index in [1.807, 2.05) is 30.3 Å². The standard InChI is InChI=1S/C13H18N2O3S/c1-18-13(17)11(8-19)15-12(16)10(14)7-9-5-3-2-4-6-9/h2-6,10-11,19H,7-8,14H2,1H3,(H,15,16)/t10-,11-/m0/s1. The fourth-order valence-electron chi connectivity index (χ4n) is 1.56. The van der Waals surface area contributed by atoms with Crippen LogP contribution >= 0.6 is 12.6 Å². The third-order valence-corrected chi connectivity index (χ3v) is 2.99. The third kappa shape index (κ3) is 4.92. The van der Waals surface area contributed by atoms with Gasteiger partial charge in [-0.3, -0.25) is 4.79 Å². The van der Waals surface area contributed by atoms with Gasteiger partial charge in [0.25, 0.3) is 0 Å². The molecule has 104 valence electrons. The van der Waals surface area contributed by atoms with E-state index in [0.717, 1.165) is 5.56 Å². The molecule has 1 aromatic carbocycles. The second-order valence-electron chi connectivity index (χ2n) is 4.06. The van der Waals surface area contributed by atoms with Gasteiger partial charge in [0.05, 0.1) is 13.2 Å². The highest BCUT2D eigenvalue weighted by atomic mass is 32.1. The summed E-state index contributed by atoms with van der Waals surface area (Å²) >= 11 is 3.99. The summed E-state index contributed by atoms with van der Waals surface area (Å²) in [6, 6.07) is 7.95. The van der Waals surface area contributed by atoms with Crippen LogP contribution in [0.2, 0.25) is 0 Å². The van der Waals surface area contributed by atoms with E-state index in [0.29, 0.717) is 6.42 Å². The van der Waals surface area contributed by atoms with Gasteiger partial charge in [-0.05, 0) is 12.0 Å². The number of esters is 1. The molecule has 0 unspecified atom stereocenters. The lowest BCUT2D eigenvalue weighted by molar-refractivity contribution is -0.144. The minimum absolute atomic E-state index is 0.163. The third-order valence-electron chi connectivity index (χ3n) is 2.62. The molecular formula is C13H18N2O3S. The Balaban J connectivity index is 2.55. The van der Waals surface area contributed by atoms with E-state index in [1.165, 1.54) is 7.11 Å². The maximum atomic E-state index is 11.9. The molecule has 1 aromatic rings. The van der Waals surface area contributed by atoms with E-state index in [-0.39, 0.29) is 5.75 Å². The van der Waals surface area contributed by atoms with Gasteiger partial charge in [-0.15, -0.1) is 0 Å². The number of nitrogens with two attached hydrogens (primary N) is 1. The number of thiol groups is 1. The number of benzene rings is 1. The largest absolute Gasteiger partial charge is 0.467 e. The molecule has 0 aromatic heterocycles. The molecule has 0 aliphatic rings. The van der Waals surface area contributed by atoms with Crippen LogP contribution in [0.15, 0.2) is 30.3 Å². The zero-order valence-electron chi connectivity index (χ0n) is 10.7. The first kappa shape index (κ1) is 15.5. The summed E-state index contributed by atoms with van der Waals surface area (Å²) in [5, 5.41) is 2.52. The molecule has 0 fully saturated rings. The Bertz CT molecular complexity index is 425. The van der Waals surface area contributed by atoms with Crippen LogP contribution in [0, 0.1) is 0 Å². The van der Waals surface area contributed by atoms with Gasteiger partial charge in [0.1, 0.15) is 6.04 Å². The van der Waals surface area contributed by atoms with Crippen molar-refractivity contribution in [3.8, 4) is 0 Å². The molecule has 0 saturated carbocycles. The number of carbonyl (C=O) groups excluding carboxylic acids is 2. The maximum Gasteiger partial charge on any atom is 0.329 e. The van der Waals surface area contributed by atoms with Crippen molar-refractivity contribution in [1.29, 1.82) is 0 Å². The van der Waals surface area contributed by atoms with E-state index in [9.17, 15) is 9.59 Å². The predicted molar refractivity (Wildman–Crippen MR) is 75.9 cm³/mol. The molecule has 0 radical (unpaired) electrons. The highest BCUT2D eigenvalue weighted by Gasteiger charge is 2.23. The lowest BCUT2D eigenvalue weighted by Crippen LogP contribution is -2.50. The number of hydrogen-bond acceptors (Lipinski definition) is 5. The summed E-state index contributed by atoms with van der Waals surface area (Å²) in [5.74, 6) is -0.764. The molecule has 1 amide bonds. The Kier molecular flexibility index (Phi) is 6.38. The molecule has 0 heterocycles. The van der Waals surface area contributed by atoms with Crippen LogP contribution in [0.25, 0.3) is 0 Å². The zero-order valence-corrected chi connectivity index (χ0v) is 11.6. The van der Waals surface area contributed by atoms with Crippen molar-refractivity contribution in [3.05, 3.63) is 35.9 Å². The van der Waals surface area contributed by atoms with Crippen molar-refractivity contribution in [3.63, 3.8) is 0 Å². The Morgan fingerprint density at radius 2 is 2.00 bits per heavy atom. The van der Waals surface area contributed by atoms with Crippen LogP contribution in [0.3, 0.4) is 0 Å². The van der Waals surface area contributed by atoms with Crippen LogP contribution in [0.1, 0.15) is 5.56 Å². The van der Waals surface area contributed by atoms with E-state index in [1.54, 1.807) is 0 Å². The Labute approximate surface area is 117 Å². The molecule has 19 heavy (non-hydrogen) atoms. The molecule has 0 aliphatic heterocycles. The van der Waals surface area contributed by atoms with Gasteiger partial charge >= 0.3 is 5.97 Å². The molecule has 0 spiro atoms. The number of ether oxygens (including phenoxy) is 1. The van der Waals surface area contributed by atoms with Crippen LogP contribution in [-0.4, -0.2) is 36.8 Å². The molecule has 0 aliphatic carbocycles. The van der Waals surface area contributed by atoms with Crippen molar-refractivity contribution in [2.45, 2.75) is 18.5 Å².